The first-order valence-corrected chi connectivity index (χ1v) is 11.4. The zero-order valence-corrected chi connectivity index (χ0v) is 17.0. The van der Waals surface area contributed by atoms with Gasteiger partial charge in [-0.3, -0.25) is 4.90 Å². The van der Waals surface area contributed by atoms with Crippen molar-refractivity contribution in [1.29, 1.82) is 0 Å². The van der Waals surface area contributed by atoms with E-state index in [1.807, 2.05) is 42.5 Å². The molecule has 2 aliphatic heterocycles. The summed E-state index contributed by atoms with van der Waals surface area (Å²) in [6.07, 6.45) is 3.42. The van der Waals surface area contributed by atoms with Gasteiger partial charge in [0.1, 0.15) is 6.61 Å². The van der Waals surface area contributed by atoms with E-state index in [4.69, 9.17) is 9.47 Å². The van der Waals surface area contributed by atoms with Crippen LogP contribution in [0.1, 0.15) is 17.5 Å². The quantitative estimate of drug-likeness (QED) is 0.769. The summed E-state index contributed by atoms with van der Waals surface area (Å²) >= 11 is 0. The van der Waals surface area contributed by atoms with Crippen molar-refractivity contribution in [3.8, 4) is 0 Å². The normalized spacial score (nSPS) is 21.4. The molecule has 2 aliphatic rings. The van der Waals surface area contributed by atoms with Crippen molar-refractivity contribution in [2.45, 2.75) is 30.0 Å². The Labute approximate surface area is 170 Å². The molecule has 2 bridgehead atoms. The Morgan fingerprint density at radius 2 is 1.93 bits per heavy atom. The van der Waals surface area contributed by atoms with Crippen molar-refractivity contribution < 1.29 is 22.7 Å². The molecule has 2 unspecified atom stereocenters. The number of rotatable bonds is 4. The second-order valence-electron chi connectivity index (χ2n) is 7.40. The van der Waals surface area contributed by atoms with Crippen LogP contribution in [-0.4, -0.2) is 51.0 Å². The molecule has 0 aromatic heterocycles. The number of hydrogen-bond donors (Lipinski definition) is 0. The van der Waals surface area contributed by atoms with Gasteiger partial charge in [-0.2, -0.15) is 0 Å². The lowest BCUT2D eigenvalue weighted by atomic mass is 9.90. The summed E-state index contributed by atoms with van der Waals surface area (Å²) in [5, 5.41) is 0. The van der Waals surface area contributed by atoms with Gasteiger partial charge in [0.25, 0.3) is 0 Å². The second kappa shape index (κ2) is 8.00. The number of ether oxygens (including phenoxy) is 2. The molecular weight excluding hydrogens is 390 g/mol. The molecule has 1 saturated heterocycles. The number of nitrogens with zero attached hydrogens (tertiary/aromatic N) is 1. The fraction of sp³-hybridized carbons (Fsp3) is 0.318. The molecule has 7 heteroatoms. The minimum absolute atomic E-state index is 0.140. The molecular formula is C22H23NO5S. The lowest BCUT2D eigenvalue weighted by Gasteiger charge is -2.43. The zero-order valence-electron chi connectivity index (χ0n) is 16.2. The van der Waals surface area contributed by atoms with E-state index in [2.05, 4.69) is 0 Å². The molecule has 29 heavy (non-hydrogen) atoms. The van der Waals surface area contributed by atoms with Gasteiger partial charge in [0.15, 0.2) is 9.84 Å². The molecule has 6 nitrogen and oxygen atoms in total. The molecule has 2 aromatic rings. The number of carbonyl (C=O) groups is 1. The highest BCUT2D eigenvalue weighted by Gasteiger charge is 2.39. The zero-order chi connectivity index (χ0) is 20.4. The van der Waals surface area contributed by atoms with Crippen molar-refractivity contribution in [3.63, 3.8) is 0 Å². The SMILES string of the molecule is CS(=O)(=O)c1cccc(C2=CC3COCC(C2)N3C(=O)OCc2ccccc2)c1. The predicted molar refractivity (Wildman–Crippen MR) is 109 cm³/mol. The van der Waals surface area contributed by atoms with Crippen molar-refractivity contribution in [1.82, 2.24) is 4.90 Å². The fourth-order valence-corrected chi connectivity index (χ4v) is 4.48. The maximum atomic E-state index is 12.8. The van der Waals surface area contributed by atoms with Gasteiger partial charge in [0, 0.05) is 6.26 Å². The number of carbonyl (C=O) groups excluding carboxylic acids is 1. The van der Waals surface area contributed by atoms with Crippen LogP contribution in [0.5, 0.6) is 0 Å². The summed E-state index contributed by atoms with van der Waals surface area (Å²) < 4.78 is 35.0. The summed E-state index contributed by atoms with van der Waals surface area (Å²) in [6.45, 7) is 1.05. The minimum Gasteiger partial charge on any atom is -0.445 e. The number of benzene rings is 2. The number of fused-ring (bicyclic) bond motifs is 2. The van der Waals surface area contributed by atoms with Crippen molar-refractivity contribution in [3.05, 3.63) is 71.8 Å². The van der Waals surface area contributed by atoms with Gasteiger partial charge in [-0.05, 0) is 35.3 Å². The highest BCUT2D eigenvalue weighted by molar-refractivity contribution is 7.90. The summed E-state index contributed by atoms with van der Waals surface area (Å²) in [4.78, 5) is 14.8. The standard InChI is InChI=1S/C22H23NO5S/c1-29(25,26)21-9-5-8-17(12-21)18-10-19-14-27-15-20(11-18)23(19)22(24)28-13-16-6-3-2-4-7-16/h2-10,12,19-20H,11,13-15H2,1H3. The fourth-order valence-electron chi connectivity index (χ4n) is 3.81. The van der Waals surface area contributed by atoms with Crippen molar-refractivity contribution in [2.75, 3.05) is 19.5 Å². The van der Waals surface area contributed by atoms with E-state index >= 15 is 0 Å². The van der Waals surface area contributed by atoms with Crippen LogP contribution in [-0.2, 0) is 25.9 Å². The lowest BCUT2D eigenvalue weighted by Crippen LogP contribution is -2.56. The summed E-state index contributed by atoms with van der Waals surface area (Å²) in [5.41, 5.74) is 2.83. The molecule has 152 valence electrons. The van der Waals surface area contributed by atoms with Gasteiger partial charge in [-0.15, -0.1) is 0 Å². The molecule has 2 heterocycles. The first-order chi connectivity index (χ1) is 13.9. The largest absolute Gasteiger partial charge is 0.445 e. The highest BCUT2D eigenvalue weighted by Crippen LogP contribution is 2.33. The van der Waals surface area contributed by atoms with Gasteiger partial charge in [0.2, 0.25) is 0 Å². The molecule has 4 rings (SSSR count). The van der Waals surface area contributed by atoms with E-state index in [1.54, 1.807) is 23.1 Å². The number of sulfone groups is 1. The molecule has 1 fully saturated rings. The molecule has 0 N–H and O–H groups in total. The third-order valence-corrected chi connectivity index (χ3v) is 6.36. The van der Waals surface area contributed by atoms with Crippen LogP contribution in [0.25, 0.3) is 5.57 Å². The van der Waals surface area contributed by atoms with Gasteiger partial charge >= 0.3 is 6.09 Å². The monoisotopic (exact) mass is 413 g/mol. The third-order valence-electron chi connectivity index (χ3n) is 5.25. The third kappa shape index (κ3) is 4.36. The molecule has 0 aliphatic carbocycles. The highest BCUT2D eigenvalue weighted by atomic mass is 32.2. The van der Waals surface area contributed by atoms with Crippen LogP contribution in [0, 0.1) is 0 Å². The Morgan fingerprint density at radius 1 is 1.14 bits per heavy atom. The van der Waals surface area contributed by atoms with Crippen LogP contribution >= 0.6 is 0 Å². The van der Waals surface area contributed by atoms with Crippen molar-refractivity contribution in [2.24, 2.45) is 0 Å². The first-order valence-electron chi connectivity index (χ1n) is 9.50. The molecule has 0 radical (unpaired) electrons. The van der Waals surface area contributed by atoms with E-state index < -0.39 is 9.84 Å². The molecule has 0 spiro atoms. The van der Waals surface area contributed by atoms with Crippen LogP contribution in [0.4, 0.5) is 4.79 Å². The average molecular weight is 413 g/mol. The Hall–Kier alpha value is -2.64. The Bertz CT molecular complexity index is 1030. The first kappa shape index (κ1) is 19.7. The Balaban J connectivity index is 1.54. The van der Waals surface area contributed by atoms with Crippen LogP contribution in [0.2, 0.25) is 0 Å². The topological polar surface area (TPSA) is 72.9 Å². The van der Waals surface area contributed by atoms with Crippen molar-refractivity contribution >= 4 is 21.5 Å². The van der Waals surface area contributed by atoms with E-state index in [0.29, 0.717) is 24.5 Å². The van der Waals surface area contributed by atoms with Gasteiger partial charge in [-0.1, -0.05) is 48.5 Å². The van der Waals surface area contributed by atoms with E-state index in [-0.39, 0.29) is 24.8 Å². The van der Waals surface area contributed by atoms with Crippen LogP contribution in [0.15, 0.2) is 65.6 Å². The van der Waals surface area contributed by atoms with Crippen LogP contribution < -0.4 is 0 Å². The molecule has 1 amide bonds. The predicted octanol–water partition coefficient (Wildman–Crippen LogP) is 3.28. The van der Waals surface area contributed by atoms with E-state index in [9.17, 15) is 13.2 Å². The molecule has 2 aromatic carbocycles. The Morgan fingerprint density at radius 3 is 2.66 bits per heavy atom. The molecule has 2 atom stereocenters. The van der Waals surface area contributed by atoms with Gasteiger partial charge in [0.05, 0.1) is 30.2 Å². The lowest BCUT2D eigenvalue weighted by molar-refractivity contribution is -0.0342. The minimum atomic E-state index is -3.28. The summed E-state index contributed by atoms with van der Waals surface area (Å²) in [7, 11) is -3.28. The summed E-state index contributed by atoms with van der Waals surface area (Å²) in [5.74, 6) is 0. The second-order valence-corrected chi connectivity index (χ2v) is 9.42. The molecule has 0 saturated carbocycles. The average Bonchev–Trinajstić information content (AvgIpc) is 2.71. The smallest absolute Gasteiger partial charge is 0.411 e. The summed E-state index contributed by atoms with van der Waals surface area (Å²) in [6, 6.07) is 16.1. The Kier molecular flexibility index (Phi) is 5.43. The van der Waals surface area contributed by atoms with E-state index in [1.165, 1.54) is 6.26 Å². The van der Waals surface area contributed by atoms with Gasteiger partial charge < -0.3 is 9.47 Å². The number of morpholine rings is 1. The number of hydrogen-bond acceptors (Lipinski definition) is 5. The van der Waals surface area contributed by atoms with E-state index in [0.717, 1.165) is 16.7 Å². The maximum absolute atomic E-state index is 12.8. The maximum Gasteiger partial charge on any atom is 0.411 e. The van der Waals surface area contributed by atoms with Crippen LogP contribution in [0.3, 0.4) is 0 Å². The number of amides is 1. The van der Waals surface area contributed by atoms with Gasteiger partial charge in [-0.25, -0.2) is 13.2 Å².